The number of carbonyl (C=O) groups excluding carboxylic acids is 1. The number of rotatable bonds is 4. The van der Waals surface area contributed by atoms with E-state index < -0.39 is 0 Å². The van der Waals surface area contributed by atoms with Gasteiger partial charge in [-0.05, 0) is 23.6 Å². The van der Waals surface area contributed by atoms with Crippen LogP contribution in [0.25, 0.3) is 0 Å². The molecule has 1 aliphatic heterocycles. The van der Waals surface area contributed by atoms with Crippen LogP contribution in [0.5, 0.6) is 11.5 Å². The number of carbonyl (C=O) groups is 1. The molecular formula is C19H17ClN2O3. The lowest BCUT2D eigenvalue weighted by molar-refractivity contribution is -0.134. The minimum Gasteiger partial charge on any atom is -0.493 e. The Morgan fingerprint density at radius 2 is 2.08 bits per heavy atom. The van der Waals surface area contributed by atoms with E-state index in [2.05, 4.69) is 6.07 Å². The normalized spacial score (nSPS) is 12.9. The van der Waals surface area contributed by atoms with Crippen molar-refractivity contribution in [2.75, 3.05) is 20.3 Å². The van der Waals surface area contributed by atoms with Crippen LogP contribution in [0.4, 0.5) is 0 Å². The number of benzene rings is 2. The zero-order valence-electron chi connectivity index (χ0n) is 13.8. The Morgan fingerprint density at radius 3 is 2.80 bits per heavy atom. The lowest BCUT2D eigenvalue weighted by Gasteiger charge is -2.29. The van der Waals surface area contributed by atoms with Crippen LogP contribution in [0.1, 0.15) is 16.7 Å². The smallest absolute Gasteiger partial charge is 0.260 e. The number of methoxy groups -OCH3 is 1. The quantitative estimate of drug-likeness (QED) is 0.844. The highest BCUT2D eigenvalue weighted by atomic mass is 35.5. The molecular weight excluding hydrogens is 340 g/mol. The van der Waals surface area contributed by atoms with Crippen molar-refractivity contribution in [2.24, 2.45) is 0 Å². The summed E-state index contributed by atoms with van der Waals surface area (Å²) in [5, 5.41) is 9.22. The van der Waals surface area contributed by atoms with Gasteiger partial charge in [0.05, 0.1) is 23.8 Å². The Morgan fingerprint density at radius 1 is 1.32 bits per heavy atom. The van der Waals surface area contributed by atoms with Crippen LogP contribution in [0, 0.1) is 11.3 Å². The molecule has 1 heterocycles. The molecule has 0 atom stereocenters. The van der Waals surface area contributed by atoms with Gasteiger partial charge in [0.2, 0.25) is 0 Å². The summed E-state index contributed by atoms with van der Waals surface area (Å²) in [4.78, 5) is 14.3. The van der Waals surface area contributed by atoms with E-state index in [9.17, 15) is 4.79 Å². The third-order valence-corrected chi connectivity index (χ3v) is 4.46. The van der Waals surface area contributed by atoms with Gasteiger partial charge in [-0.1, -0.05) is 35.9 Å². The number of halogens is 1. The van der Waals surface area contributed by atoms with Crippen molar-refractivity contribution in [3.63, 3.8) is 0 Å². The van der Waals surface area contributed by atoms with E-state index in [1.54, 1.807) is 4.90 Å². The Hall–Kier alpha value is -2.71. The van der Waals surface area contributed by atoms with Gasteiger partial charge in [-0.2, -0.15) is 5.26 Å². The molecule has 128 valence electrons. The minimum absolute atomic E-state index is 0.114. The van der Waals surface area contributed by atoms with Crippen molar-refractivity contribution >= 4 is 17.5 Å². The van der Waals surface area contributed by atoms with E-state index >= 15 is 0 Å². The molecule has 0 unspecified atom stereocenters. The minimum atomic E-state index is -0.135. The largest absolute Gasteiger partial charge is 0.493 e. The number of ether oxygens (including phenoxy) is 2. The lowest BCUT2D eigenvalue weighted by Crippen LogP contribution is -2.38. The monoisotopic (exact) mass is 356 g/mol. The average molecular weight is 357 g/mol. The summed E-state index contributed by atoms with van der Waals surface area (Å²) in [7, 11) is 1.46. The highest BCUT2D eigenvalue weighted by Gasteiger charge is 2.22. The second-order valence-corrected chi connectivity index (χ2v) is 6.13. The molecule has 25 heavy (non-hydrogen) atoms. The van der Waals surface area contributed by atoms with Crippen LogP contribution in [0.3, 0.4) is 0 Å². The van der Waals surface area contributed by atoms with E-state index in [0.29, 0.717) is 24.4 Å². The number of nitriles is 1. The molecule has 0 aliphatic carbocycles. The maximum absolute atomic E-state index is 12.5. The van der Waals surface area contributed by atoms with Crippen molar-refractivity contribution in [3.8, 4) is 17.6 Å². The first-order valence-electron chi connectivity index (χ1n) is 7.87. The fourth-order valence-corrected chi connectivity index (χ4v) is 3.12. The van der Waals surface area contributed by atoms with Crippen molar-refractivity contribution < 1.29 is 14.3 Å². The Balaban J connectivity index is 1.68. The first-order chi connectivity index (χ1) is 12.1. The number of nitrogens with zero attached hydrogens (tertiary/aromatic N) is 2. The van der Waals surface area contributed by atoms with Crippen molar-refractivity contribution in [2.45, 2.75) is 13.0 Å². The molecule has 0 saturated carbocycles. The average Bonchev–Trinajstić information content (AvgIpc) is 2.65. The maximum Gasteiger partial charge on any atom is 0.260 e. The number of hydrogen-bond acceptors (Lipinski definition) is 4. The first-order valence-corrected chi connectivity index (χ1v) is 8.25. The fraction of sp³-hybridized carbons (Fsp3) is 0.263. The second-order valence-electron chi connectivity index (χ2n) is 5.72. The van der Waals surface area contributed by atoms with Gasteiger partial charge >= 0.3 is 0 Å². The van der Waals surface area contributed by atoms with Crippen molar-refractivity contribution in [1.82, 2.24) is 4.90 Å². The second kappa shape index (κ2) is 7.45. The van der Waals surface area contributed by atoms with Crippen LogP contribution >= 0.6 is 11.6 Å². The standard InChI is InChI=1S/C19H17ClN2O3/c1-24-17-9-13(10-21)8-16(20)19(17)25-12-18(23)22-7-6-14-4-2-3-5-15(14)11-22/h2-5,8-9H,6-7,11-12H2,1H3. The third kappa shape index (κ3) is 3.70. The molecule has 6 heteroatoms. The summed E-state index contributed by atoms with van der Waals surface area (Å²) in [6, 6.07) is 13.1. The van der Waals surface area contributed by atoms with Crippen LogP contribution in [-0.4, -0.2) is 31.1 Å². The maximum atomic E-state index is 12.5. The SMILES string of the molecule is COc1cc(C#N)cc(Cl)c1OCC(=O)N1CCc2ccccc2C1. The predicted octanol–water partition coefficient (Wildman–Crippen LogP) is 3.18. The van der Waals surface area contributed by atoms with Crippen LogP contribution in [0.15, 0.2) is 36.4 Å². The van der Waals surface area contributed by atoms with Gasteiger partial charge in [-0.25, -0.2) is 0 Å². The lowest BCUT2D eigenvalue weighted by atomic mass is 10.00. The molecule has 0 aromatic heterocycles. The first kappa shape index (κ1) is 17.1. The topological polar surface area (TPSA) is 62.6 Å². The molecule has 0 bridgehead atoms. The fourth-order valence-electron chi connectivity index (χ4n) is 2.86. The van der Waals surface area contributed by atoms with Gasteiger partial charge < -0.3 is 14.4 Å². The zero-order chi connectivity index (χ0) is 17.8. The molecule has 3 rings (SSSR count). The van der Waals surface area contributed by atoms with Crippen LogP contribution in [0.2, 0.25) is 5.02 Å². The molecule has 2 aromatic carbocycles. The molecule has 2 aromatic rings. The molecule has 0 fully saturated rings. The van der Waals surface area contributed by atoms with E-state index in [4.69, 9.17) is 26.3 Å². The van der Waals surface area contributed by atoms with Gasteiger partial charge in [-0.15, -0.1) is 0 Å². The van der Waals surface area contributed by atoms with Crippen LogP contribution < -0.4 is 9.47 Å². The highest BCUT2D eigenvalue weighted by molar-refractivity contribution is 6.32. The van der Waals surface area contributed by atoms with E-state index in [-0.39, 0.29) is 23.3 Å². The number of amides is 1. The summed E-state index contributed by atoms with van der Waals surface area (Å²) in [5.41, 5.74) is 2.81. The van der Waals surface area contributed by atoms with Gasteiger partial charge in [-0.3, -0.25) is 4.79 Å². The molecule has 5 nitrogen and oxygen atoms in total. The highest BCUT2D eigenvalue weighted by Crippen LogP contribution is 2.36. The predicted molar refractivity (Wildman–Crippen MR) is 93.8 cm³/mol. The van der Waals surface area contributed by atoms with Crippen LogP contribution in [-0.2, 0) is 17.8 Å². The third-order valence-electron chi connectivity index (χ3n) is 4.18. The summed E-state index contributed by atoms with van der Waals surface area (Å²) in [6.07, 6.45) is 0.836. The Bertz CT molecular complexity index is 845. The Kier molecular flexibility index (Phi) is 5.11. The van der Waals surface area contributed by atoms with E-state index in [1.165, 1.54) is 24.8 Å². The van der Waals surface area contributed by atoms with E-state index in [0.717, 1.165) is 12.0 Å². The molecule has 1 amide bonds. The Labute approximate surface area is 151 Å². The van der Waals surface area contributed by atoms with Crippen molar-refractivity contribution in [1.29, 1.82) is 5.26 Å². The van der Waals surface area contributed by atoms with Gasteiger partial charge in [0, 0.05) is 19.2 Å². The van der Waals surface area contributed by atoms with Gasteiger partial charge in [0.25, 0.3) is 5.91 Å². The molecule has 0 N–H and O–H groups in total. The summed E-state index contributed by atoms with van der Waals surface area (Å²) in [6.45, 7) is 1.11. The molecule has 0 radical (unpaired) electrons. The summed E-state index contributed by atoms with van der Waals surface area (Å²) < 4.78 is 10.8. The van der Waals surface area contributed by atoms with Gasteiger partial charge in [0.1, 0.15) is 0 Å². The number of fused-ring (bicyclic) bond motifs is 1. The summed E-state index contributed by atoms with van der Waals surface area (Å²) in [5.74, 6) is 0.492. The molecule has 0 saturated heterocycles. The van der Waals surface area contributed by atoms with Crippen molar-refractivity contribution in [3.05, 3.63) is 58.1 Å². The molecule has 0 spiro atoms. The summed E-state index contributed by atoms with van der Waals surface area (Å²) >= 11 is 6.15. The van der Waals surface area contributed by atoms with E-state index in [1.807, 2.05) is 24.3 Å². The molecule has 1 aliphatic rings. The zero-order valence-corrected chi connectivity index (χ0v) is 14.5. The van der Waals surface area contributed by atoms with Gasteiger partial charge in [0.15, 0.2) is 18.1 Å². The number of hydrogen-bond donors (Lipinski definition) is 0.